The van der Waals surface area contributed by atoms with Gasteiger partial charge in [0.1, 0.15) is 5.82 Å². The minimum Gasteiger partial charge on any atom is -0.340 e. The summed E-state index contributed by atoms with van der Waals surface area (Å²) < 4.78 is 17.9. The third kappa shape index (κ3) is 3.12. The van der Waals surface area contributed by atoms with Crippen LogP contribution in [0.15, 0.2) is 65.8 Å². The highest BCUT2D eigenvalue weighted by Gasteiger charge is 2.41. The van der Waals surface area contributed by atoms with Crippen molar-refractivity contribution in [2.24, 2.45) is 11.8 Å². The minimum absolute atomic E-state index is 0.0769. The molecule has 0 spiro atoms. The first-order valence-corrected chi connectivity index (χ1v) is 10.7. The molecule has 3 heterocycles. The maximum Gasteiger partial charge on any atom is 0.287 e. The summed E-state index contributed by atoms with van der Waals surface area (Å²) in [6.07, 6.45) is 9.73. The standard InChI is InChI=1S/C24H22FN5O/c25-20-12-17-14-26-23(28-18-4-6-19(7-5-18)29-9-1-8-27-29)13-22(17)30(24(20)31)21-11-15-2-3-16(21)10-15/h1,4-9,12-16,21H,2-3,10-11H2,(H,26,28). The molecule has 0 aliphatic heterocycles. The van der Waals surface area contributed by atoms with Crippen LogP contribution in [0.4, 0.5) is 15.9 Å². The highest BCUT2D eigenvalue weighted by atomic mass is 19.1. The van der Waals surface area contributed by atoms with E-state index in [-0.39, 0.29) is 6.04 Å². The fraction of sp³-hybridized carbons (Fsp3) is 0.292. The summed E-state index contributed by atoms with van der Waals surface area (Å²) >= 11 is 0. The highest BCUT2D eigenvalue weighted by Crippen LogP contribution is 2.50. The van der Waals surface area contributed by atoms with Gasteiger partial charge in [-0.15, -0.1) is 0 Å². The summed E-state index contributed by atoms with van der Waals surface area (Å²) in [7, 11) is 0. The zero-order chi connectivity index (χ0) is 20.9. The number of pyridine rings is 2. The number of anilines is 2. The average molecular weight is 415 g/mol. The Hall–Kier alpha value is -3.48. The van der Waals surface area contributed by atoms with Gasteiger partial charge in [0.15, 0.2) is 5.82 Å². The Morgan fingerprint density at radius 1 is 1.10 bits per heavy atom. The summed E-state index contributed by atoms with van der Waals surface area (Å²) in [6.45, 7) is 0. The van der Waals surface area contributed by atoms with Gasteiger partial charge < -0.3 is 9.88 Å². The molecule has 7 heteroatoms. The number of hydrogen-bond donors (Lipinski definition) is 1. The molecule has 2 aliphatic rings. The van der Waals surface area contributed by atoms with E-state index in [4.69, 9.17) is 0 Å². The number of hydrogen-bond acceptors (Lipinski definition) is 4. The van der Waals surface area contributed by atoms with Crippen LogP contribution < -0.4 is 10.9 Å². The number of nitrogens with one attached hydrogen (secondary N) is 1. The van der Waals surface area contributed by atoms with Crippen LogP contribution in [-0.4, -0.2) is 19.3 Å². The van der Waals surface area contributed by atoms with E-state index in [9.17, 15) is 9.18 Å². The quantitative estimate of drug-likeness (QED) is 0.519. The number of nitrogens with zero attached hydrogens (tertiary/aromatic N) is 4. The van der Waals surface area contributed by atoms with E-state index in [1.165, 1.54) is 12.5 Å². The third-order valence-corrected chi connectivity index (χ3v) is 6.82. The smallest absolute Gasteiger partial charge is 0.287 e. The first kappa shape index (κ1) is 18.3. The molecule has 2 bridgehead atoms. The number of fused-ring (bicyclic) bond motifs is 3. The average Bonchev–Trinajstić information content (AvgIpc) is 3.54. The molecule has 3 atom stereocenters. The molecular formula is C24H22FN5O. The van der Waals surface area contributed by atoms with Gasteiger partial charge in [0.25, 0.3) is 5.56 Å². The minimum atomic E-state index is -0.702. The lowest BCUT2D eigenvalue weighted by molar-refractivity contribution is 0.326. The summed E-state index contributed by atoms with van der Waals surface area (Å²) in [6, 6.07) is 13.0. The fourth-order valence-corrected chi connectivity index (χ4v) is 5.39. The van der Waals surface area contributed by atoms with Crippen LogP contribution in [0.3, 0.4) is 0 Å². The van der Waals surface area contributed by atoms with Crippen LogP contribution in [0.5, 0.6) is 0 Å². The van der Waals surface area contributed by atoms with E-state index in [1.807, 2.05) is 42.6 Å². The Labute approximate surface area is 178 Å². The van der Waals surface area contributed by atoms with Crippen molar-refractivity contribution in [3.63, 3.8) is 0 Å². The number of halogens is 1. The summed E-state index contributed by atoms with van der Waals surface area (Å²) in [5, 5.41) is 8.19. The molecule has 31 heavy (non-hydrogen) atoms. The molecular weight excluding hydrogens is 393 g/mol. The largest absolute Gasteiger partial charge is 0.340 e. The zero-order valence-electron chi connectivity index (χ0n) is 16.9. The number of aromatic nitrogens is 4. The molecule has 3 aromatic heterocycles. The van der Waals surface area contributed by atoms with Crippen LogP contribution in [0, 0.1) is 17.7 Å². The Morgan fingerprint density at radius 2 is 1.97 bits per heavy atom. The second-order valence-corrected chi connectivity index (χ2v) is 8.66. The van der Waals surface area contributed by atoms with Gasteiger partial charge in [-0.25, -0.2) is 14.1 Å². The van der Waals surface area contributed by atoms with Crippen molar-refractivity contribution in [1.29, 1.82) is 0 Å². The summed E-state index contributed by atoms with van der Waals surface area (Å²) in [4.78, 5) is 17.3. The molecule has 4 aromatic rings. The molecule has 156 valence electrons. The SMILES string of the molecule is O=c1c(F)cc2cnc(Nc3ccc(-n4cccn4)cc3)cc2n1C1CC2CCC1C2. The van der Waals surface area contributed by atoms with Gasteiger partial charge in [-0.05, 0) is 67.5 Å². The van der Waals surface area contributed by atoms with Gasteiger partial charge in [0.2, 0.25) is 0 Å². The maximum absolute atomic E-state index is 14.4. The molecule has 1 N–H and O–H groups in total. The van der Waals surface area contributed by atoms with Crippen LogP contribution in [0.2, 0.25) is 0 Å². The Kier molecular flexibility index (Phi) is 4.16. The first-order valence-electron chi connectivity index (χ1n) is 10.7. The number of benzene rings is 1. The second-order valence-electron chi connectivity index (χ2n) is 8.66. The van der Waals surface area contributed by atoms with Gasteiger partial charge in [-0.1, -0.05) is 6.42 Å². The summed E-state index contributed by atoms with van der Waals surface area (Å²) in [5.74, 6) is 1.05. The summed E-state index contributed by atoms with van der Waals surface area (Å²) in [5.41, 5.74) is 2.06. The van der Waals surface area contributed by atoms with Crippen LogP contribution in [0.1, 0.15) is 31.7 Å². The molecule has 0 saturated heterocycles. The van der Waals surface area contributed by atoms with Crippen molar-refractivity contribution in [2.75, 3.05) is 5.32 Å². The normalized spacial score (nSPS) is 22.3. The van der Waals surface area contributed by atoms with Gasteiger partial charge in [0.05, 0.1) is 11.2 Å². The molecule has 3 unspecified atom stereocenters. The van der Waals surface area contributed by atoms with Gasteiger partial charge in [-0.3, -0.25) is 4.79 Å². The van der Waals surface area contributed by atoms with Gasteiger partial charge in [0, 0.05) is 41.8 Å². The van der Waals surface area contributed by atoms with Gasteiger partial charge >= 0.3 is 0 Å². The van der Waals surface area contributed by atoms with E-state index >= 15 is 0 Å². The van der Waals surface area contributed by atoms with E-state index < -0.39 is 11.4 Å². The molecule has 1 aromatic carbocycles. The van der Waals surface area contributed by atoms with E-state index in [0.29, 0.717) is 23.0 Å². The molecule has 0 amide bonds. The second kappa shape index (κ2) is 7.04. The molecule has 2 saturated carbocycles. The molecule has 2 aliphatic carbocycles. The molecule has 6 rings (SSSR count). The Bertz CT molecular complexity index is 1310. The van der Waals surface area contributed by atoms with Crippen molar-refractivity contribution < 1.29 is 4.39 Å². The van der Waals surface area contributed by atoms with Gasteiger partial charge in [-0.2, -0.15) is 5.10 Å². The maximum atomic E-state index is 14.4. The lowest BCUT2D eigenvalue weighted by Crippen LogP contribution is -2.30. The van der Waals surface area contributed by atoms with E-state index in [2.05, 4.69) is 15.4 Å². The van der Waals surface area contributed by atoms with Crippen molar-refractivity contribution >= 4 is 22.4 Å². The Balaban J connectivity index is 1.36. The van der Waals surface area contributed by atoms with Crippen LogP contribution >= 0.6 is 0 Å². The van der Waals surface area contributed by atoms with Crippen molar-refractivity contribution in [1.82, 2.24) is 19.3 Å². The fourth-order valence-electron chi connectivity index (χ4n) is 5.39. The zero-order valence-corrected chi connectivity index (χ0v) is 16.9. The van der Waals surface area contributed by atoms with E-state index in [1.54, 1.807) is 21.6 Å². The predicted octanol–water partition coefficient (Wildman–Crippen LogP) is 4.83. The van der Waals surface area contributed by atoms with E-state index in [0.717, 1.165) is 36.2 Å². The Morgan fingerprint density at radius 3 is 2.68 bits per heavy atom. The third-order valence-electron chi connectivity index (χ3n) is 6.82. The molecule has 2 fully saturated rings. The molecule has 6 nitrogen and oxygen atoms in total. The highest BCUT2D eigenvalue weighted by molar-refractivity contribution is 5.81. The topological polar surface area (TPSA) is 64.7 Å². The van der Waals surface area contributed by atoms with Crippen molar-refractivity contribution in [3.8, 4) is 5.69 Å². The van der Waals surface area contributed by atoms with Crippen molar-refractivity contribution in [3.05, 3.63) is 77.2 Å². The number of rotatable bonds is 4. The predicted molar refractivity (Wildman–Crippen MR) is 117 cm³/mol. The lowest BCUT2D eigenvalue weighted by Gasteiger charge is -2.26. The van der Waals surface area contributed by atoms with Crippen LogP contribution in [-0.2, 0) is 0 Å². The first-order chi connectivity index (χ1) is 15.2. The van der Waals surface area contributed by atoms with Crippen molar-refractivity contribution in [2.45, 2.75) is 31.7 Å². The lowest BCUT2D eigenvalue weighted by atomic mass is 9.94. The van der Waals surface area contributed by atoms with Crippen LogP contribution in [0.25, 0.3) is 16.6 Å². The molecule has 0 radical (unpaired) electrons. The monoisotopic (exact) mass is 415 g/mol.